The summed E-state index contributed by atoms with van der Waals surface area (Å²) in [5.74, 6) is 0.399. The van der Waals surface area contributed by atoms with E-state index >= 15 is 0 Å². The highest BCUT2D eigenvalue weighted by atomic mass is 14.6. The smallest absolute Gasteiger partial charge is 0.0107 e. The summed E-state index contributed by atoms with van der Waals surface area (Å²) < 4.78 is 0. The quantitative estimate of drug-likeness (QED) is 0.569. The summed E-state index contributed by atoms with van der Waals surface area (Å²) in [4.78, 5) is 0. The molecule has 0 fully saturated rings. The van der Waals surface area contributed by atoms with Crippen molar-refractivity contribution in [2.24, 2.45) is 17.4 Å². The van der Waals surface area contributed by atoms with E-state index < -0.39 is 0 Å². The van der Waals surface area contributed by atoms with Gasteiger partial charge in [-0.15, -0.1) is 0 Å². The van der Waals surface area contributed by atoms with Crippen LogP contribution in [-0.4, -0.2) is 0 Å². The maximum absolute atomic E-state index is 5.63. The Morgan fingerprint density at radius 3 is 2.00 bits per heavy atom. The molecule has 0 saturated heterocycles. The van der Waals surface area contributed by atoms with Gasteiger partial charge in [-0.1, -0.05) is 13.8 Å². The standard InChI is InChI=1S/C8H16N2/c1-6(2)8(10)5-4-7(3)9/h4-6H,9-10H2,1-3H3/b7-4-,8-5-. The summed E-state index contributed by atoms with van der Waals surface area (Å²) in [5.41, 5.74) is 12.7. The zero-order chi connectivity index (χ0) is 8.15. The average Bonchev–Trinajstić information content (AvgIpc) is 1.82. The molecule has 0 spiro atoms. The summed E-state index contributed by atoms with van der Waals surface area (Å²) in [6.07, 6.45) is 3.66. The fourth-order valence-electron chi connectivity index (χ4n) is 0.420. The Hall–Kier alpha value is -0.920. The zero-order valence-electron chi connectivity index (χ0n) is 6.89. The van der Waals surface area contributed by atoms with Crippen molar-refractivity contribution in [3.63, 3.8) is 0 Å². The van der Waals surface area contributed by atoms with Crippen molar-refractivity contribution in [2.45, 2.75) is 20.8 Å². The monoisotopic (exact) mass is 140 g/mol. The van der Waals surface area contributed by atoms with Crippen LogP contribution in [0.1, 0.15) is 20.8 Å². The highest BCUT2D eigenvalue weighted by molar-refractivity contribution is 5.13. The molecule has 58 valence electrons. The van der Waals surface area contributed by atoms with Crippen LogP contribution in [0.15, 0.2) is 23.5 Å². The molecule has 0 radical (unpaired) electrons. The van der Waals surface area contributed by atoms with Crippen molar-refractivity contribution in [1.29, 1.82) is 0 Å². The topological polar surface area (TPSA) is 52.0 Å². The lowest BCUT2D eigenvalue weighted by molar-refractivity contribution is 0.757. The van der Waals surface area contributed by atoms with E-state index in [0.29, 0.717) is 5.92 Å². The molecule has 10 heavy (non-hydrogen) atoms. The average molecular weight is 140 g/mol. The summed E-state index contributed by atoms with van der Waals surface area (Å²) in [6, 6.07) is 0. The van der Waals surface area contributed by atoms with Crippen LogP contribution < -0.4 is 11.5 Å². The molecule has 2 heteroatoms. The second-order valence-corrected chi connectivity index (χ2v) is 2.73. The SMILES string of the molecule is C/C(N)=C/C=C(\N)C(C)C. The molecule has 0 rings (SSSR count). The van der Waals surface area contributed by atoms with Crippen LogP contribution in [0.5, 0.6) is 0 Å². The molecule has 0 aliphatic rings. The molecule has 0 heterocycles. The third-order valence-corrected chi connectivity index (χ3v) is 1.21. The molecule has 0 aromatic carbocycles. The van der Waals surface area contributed by atoms with Crippen molar-refractivity contribution in [3.8, 4) is 0 Å². The molecule has 2 nitrogen and oxygen atoms in total. The molecule has 0 aliphatic carbocycles. The second kappa shape index (κ2) is 3.99. The van der Waals surface area contributed by atoms with E-state index in [1.54, 1.807) is 0 Å². The van der Waals surface area contributed by atoms with Gasteiger partial charge in [0, 0.05) is 11.4 Å². The zero-order valence-corrected chi connectivity index (χ0v) is 6.89. The number of rotatable bonds is 2. The highest BCUT2D eigenvalue weighted by Crippen LogP contribution is 2.01. The lowest BCUT2D eigenvalue weighted by Gasteiger charge is -2.01. The van der Waals surface area contributed by atoms with Crippen LogP contribution in [0.25, 0.3) is 0 Å². The molecule has 0 unspecified atom stereocenters. The van der Waals surface area contributed by atoms with Crippen LogP contribution in [0, 0.1) is 5.92 Å². The van der Waals surface area contributed by atoms with Crippen molar-refractivity contribution in [3.05, 3.63) is 23.5 Å². The van der Waals surface area contributed by atoms with Crippen LogP contribution in [0.2, 0.25) is 0 Å². The summed E-state index contributed by atoms with van der Waals surface area (Å²) in [5, 5.41) is 0. The predicted octanol–water partition coefficient (Wildman–Crippen LogP) is 1.35. The molecule has 0 amide bonds. The van der Waals surface area contributed by atoms with E-state index in [4.69, 9.17) is 11.5 Å². The van der Waals surface area contributed by atoms with Crippen molar-refractivity contribution in [1.82, 2.24) is 0 Å². The van der Waals surface area contributed by atoms with Gasteiger partial charge in [-0.2, -0.15) is 0 Å². The first-order valence-electron chi connectivity index (χ1n) is 3.43. The molecule has 4 N–H and O–H groups in total. The Bertz CT molecular complexity index is 151. The molecular weight excluding hydrogens is 124 g/mol. The Balaban J connectivity index is 4.05. The first-order valence-corrected chi connectivity index (χ1v) is 3.43. The van der Waals surface area contributed by atoms with Crippen LogP contribution in [0.3, 0.4) is 0 Å². The van der Waals surface area contributed by atoms with E-state index in [1.807, 2.05) is 32.9 Å². The summed E-state index contributed by atoms with van der Waals surface area (Å²) >= 11 is 0. The molecule has 0 aromatic heterocycles. The highest BCUT2D eigenvalue weighted by Gasteiger charge is 1.93. The normalized spacial score (nSPS) is 14.4. The molecule has 0 aliphatic heterocycles. The van der Waals surface area contributed by atoms with Crippen LogP contribution in [-0.2, 0) is 0 Å². The van der Waals surface area contributed by atoms with Gasteiger partial charge in [0.15, 0.2) is 0 Å². The Kier molecular flexibility index (Phi) is 3.62. The second-order valence-electron chi connectivity index (χ2n) is 2.73. The van der Waals surface area contributed by atoms with Gasteiger partial charge in [-0.25, -0.2) is 0 Å². The van der Waals surface area contributed by atoms with E-state index in [1.165, 1.54) is 0 Å². The van der Waals surface area contributed by atoms with Crippen molar-refractivity contribution < 1.29 is 0 Å². The maximum atomic E-state index is 5.63. The third kappa shape index (κ3) is 4.01. The third-order valence-electron chi connectivity index (χ3n) is 1.21. The first kappa shape index (κ1) is 9.08. The Labute approximate surface area is 62.6 Å². The van der Waals surface area contributed by atoms with Crippen LogP contribution in [0.4, 0.5) is 0 Å². The maximum Gasteiger partial charge on any atom is 0.0107 e. The predicted molar refractivity (Wildman–Crippen MR) is 45.1 cm³/mol. The largest absolute Gasteiger partial charge is 0.402 e. The van der Waals surface area contributed by atoms with Gasteiger partial charge in [-0.3, -0.25) is 0 Å². The molecule has 0 atom stereocenters. The molecule has 0 bridgehead atoms. The van der Waals surface area contributed by atoms with Gasteiger partial charge in [0.2, 0.25) is 0 Å². The van der Waals surface area contributed by atoms with Crippen molar-refractivity contribution >= 4 is 0 Å². The minimum Gasteiger partial charge on any atom is -0.402 e. The van der Waals surface area contributed by atoms with E-state index in [2.05, 4.69) is 0 Å². The molecule has 0 saturated carbocycles. The number of hydrogen-bond donors (Lipinski definition) is 2. The van der Waals surface area contributed by atoms with Gasteiger partial charge in [-0.05, 0) is 25.0 Å². The fourth-order valence-corrected chi connectivity index (χ4v) is 0.420. The lowest BCUT2D eigenvalue weighted by atomic mass is 10.1. The minimum absolute atomic E-state index is 0.399. The Morgan fingerprint density at radius 2 is 1.70 bits per heavy atom. The number of hydrogen-bond acceptors (Lipinski definition) is 2. The van der Waals surface area contributed by atoms with Gasteiger partial charge in [0.25, 0.3) is 0 Å². The number of nitrogens with two attached hydrogens (primary N) is 2. The summed E-state index contributed by atoms with van der Waals surface area (Å²) in [6.45, 7) is 5.93. The first-order chi connectivity index (χ1) is 4.54. The van der Waals surface area contributed by atoms with Gasteiger partial charge in [0.05, 0.1) is 0 Å². The van der Waals surface area contributed by atoms with Crippen LogP contribution >= 0.6 is 0 Å². The van der Waals surface area contributed by atoms with E-state index in [-0.39, 0.29) is 0 Å². The van der Waals surface area contributed by atoms with E-state index in [0.717, 1.165) is 11.4 Å². The lowest BCUT2D eigenvalue weighted by Crippen LogP contribution is -2.04. The van der Waals surface area contributed by atoms with Gasteiger partial charge in [0.1, 0.15) is 0 Å². The molecule has 0 aromatic rings. The molecular formula is C8H16N2. The van der Waals surface area contributed by atoms with E-state index in [9.17, 15) is 0 Å². The minimum atomic E-state index is 0.399. The fraction of sp³-hybridized carbons (Fsp3) is 0.500. The Morgan fingerprint density at radius 1 is 1.20 bits per heavy atom. The number of allylic oxidation sites excluding steroid dienone is 4. The van der Waals surface area contributed by atoms with Crippen molar-refractivity contribution in [2.75, 3.05) is 0 Å². The van der Waals surface area contributed by atoms with Gasteiger partial charge < -0.3 is 11.5 Å². The summed E-state index contributed by atoms with van der Waals surface area (Å²) in [7, 11) is 0. The van der Waals surface area contributed by atoms with Gasteiger partial charge >= 0.3 is 0 Å².